The third-order valence-electron chi connectivity index (χ3n) is 4.97. The molecule has 0 saturated carbocycles. The number of hydrogen-bond acceptors (Lipinski definition) is 4. The van der Waals surface area contributed by atoms with Gasteiger partial charge in [0.1, 0.15) is 5.75 Å². The van der Waals surface area contributed by atoms with Gasteiger partial charge in [0.25, 0.3) is 5.91 Å². The molecule has 2 aromatic rings. The third-order valence-corrected chi connectivity index (χ3v) is 4.97. The molecule has 0 spiro atoms. The van der Waals surface area contributed by atoms with Crippen molar-refractivity contribution in [1.29, 1.82) is 0 Å². The number of benzene rings is 2. The van der Waals surface area contributed by atoms with Crippen molar-refractivity contribution >= 4 is 23.3 Å². The number of piperazine rings is 1. The molecule has 1 aliphatic rings. The van der Waals surface area contributed by atoms with Crippen molar-refractivity contribution in [2.75, 3.05) is 43.0 Å². The van der Waals surface area contributed by atoms with E-state index in [1.54, 1.807) is 24.3 Å². The zero-order valence-electron chi connectivity index (χ0n) is 16.3. The fourth-order valence-corrected chi connectivity index (χ4v) is 3.15. The third kappa shape index (κ3) is 4.94. The molecular weight excluding hydrogens is 356 g/mol. The number of rotatable bonds is 5. The van der Waals surface area contributed by atoms with E-state index >= 15 is 0 Å². The van der Waals surface area contributed by atoms with Gasteiger partial charge in [0, 0.05) is 37.6 Å². The second kappa shape index (κ2) is 8.65. The summed E-state index contributed by atoms with van der Waals surface area (Å²) in [5.41, 5.74) is 9.42. The van der Waals surface area contributed by atoms with Gasteiger partial charge in [0.05, 0.1) is 0 Å². The molecule has 0 bridgehead atoms. The maximum absolute atomic E-state index is 12.4. The van der Waals surface area contributed by atoms with E-state index in [-0.39, 0.29) is 12.5 Å². The van der Waals surface area contributed by atoms with Gasteiger partial charge in [0.15, 0.2) is 6.61 Å². The molecule has 3 N–H and O–H groups in total. The molecule has 7 nitrogen and oxygen atoms in total. The van der Waals surface area contributed by atoms with E-state index in [4.69, 9.17) is 10.5 Å². The normalized spacial score (nSPS) is 13.9. The summed E-state index contributed by atoms with van der Waals surface area (Å²) in [6.07, 6.45) is 0. The van der Waals surface area contributed by atoms with Crippen LogP contribution in [0.2, 0.25) is 0 Å². The Kier molecular flexibility index (Phi) is 6.03. The molecule has 0 aromatic heterocycles. The van der Waals surface area contributed by atoms with Crippen molar-refractivity contribution in [3.8, 4) is 5.75 Å². The number of nitrogens with one attached hydrogen (secondary N) is 1. The van der Waals surface area contributed by atoms with Crippen LogP contribution in [0, 0.1) is 13.8 Å². The van der Waals surface area contributed by atoms with Crippen LogP contribution in [0.25, 0.3) is 0 Å². The van der Waals surface area contributed by atoms with Crippen LogP contribution in [0.15, 0.2) is 42.5 Å². The molecule has 7 heteroatoms. The minimum absolute atomic E-state index is 0.00770. The van der Waals surface area contributed by atoms with Crippen LogP contribution in [0.1, 0.15) is 11.1 Å². The standard InChI is InChI=1S/C21H26N4O3/c1-15-3-6-18(13-16(15)2)24-9-11-25(12-10-24)20(26)14-28-19-7-4-17(5-8-19)23-21(22)27/h3-8,13H,9-12,14H2,1-2H3,(H3,22,23,27). The number of carbonyl (C=O) groups is 2. The van der Waals surface area contributed by atoms with E-state index in [2.05, 4.69) is 42.3 Å². The molecule has 0 aliphatic carbocycles. The molecule has 1 heterocycles. The van der Waals surface area contributed by atoms with Gasteiger partial charge in [0.2, 0.25) is 0 Å². The SMILES string of the molecule is Cc1ccc(N2CCN(C(=O)COc3ccc(NC(N)=O)cc3)CC2)cc1C. The van der Waals surface area contributed by atoms with Crippen LogP contribution in [0.4, 0.5) is 16.2 Å². The highest BCUT2D eigenvalue weighted by molar-refractivity contribution is 5.87. The van der Waals surface area contributed by atoms with Crippen molar-refractivity contribution < 1.29 is 14.3 Å². The van der Waals surface area contributed by atoms with Crippen LogP contribution < -0.4 is 20.7 Å². The van der Waals surface area contributed by atoms with Crippen LogP contribution in [-0.2, 0) is 4.79 Å². The van der Waals surface area contributed by atoms with E-state index in [0.29, 0.717) is 24.5 Å². The average molecular weight is 382 g/mol. The van der Waals surface area contributed by atoms with E-state index in [0.717, 1.165) is 13.1 Å². The minimum Gasteiger partial charge on any atom is -0.484 e. The molecule has 1 aliphatic heterocycles. The number of aryl methyl sites for hydroxylation is 2. The lowest BCUT2D eigenvalue weighted by Crippen LogP contribution is -2.50. The second-order valence-corrected chi connectivity index (χ2v) is 6.94. The van der Waals surface area contributed by atoms with E-state index in [9.17, 15) is 9.59 Å². The Morgan fingerprint density at radius 2 is 1.68 bits per heavy atom. The van der Waals surface area contributed by atoms with Crippen LogP contribution in [0.5, 0.6) is 5.75 Å². The van der Waals surface area contributed by atoms with Gasteiger partial charge in [-0.1, -0.05) is 6.07 Å². The fourth-order valence-electron chi connectivity index (χ4n) is 3.15. The lowest BCUT2D eigenvalue weighted by atomic mass is 10.1. The van der Waals surface area contributed by atoms with Gasteiger partial charge < -0.3 is 25.6 Å². The first-order valence-corrected chi connectivity index (χ1v) is 9.31. The Balaban J connectivity index is 1.47. The van der Waals surface area contributed by atoms with Crippen LogP contribution >= 0.6 is 0 Å². The Hall–Kier alpha value is -3.22. The topological polar surface area (TPSA) is 87.9 Å². The lowest BCUT2D eigenvalue weighted by Gasteiger charge is -2.36. The van der Waals surface area contributed by atoms with Gasteiger partial charge in [-0.2, -0.15) is 0 Å². The first-order valence-electron chi connectivity index (χ1n) is 9.31. The Labute approximate surface area is 165 Å². The largest absolute Gasteiger partial charge is 0.484 e. The average Bonchev–Trinajstić information content (AvgIpc) is 2.69. The highest BCUT2D eigenvalue weighted by atomic mass is 16.5. The zero-order valence-corrected chi connectivity index (χ0v) is 16.3. The summed E-state index contributed by atoms with van der Waals surface area (Å²) in [5.74, 6) is 0.538. The number of primary amides is 1. The lowest BCUT2D eigenvalue weighted by molar-refractivity contribution is -0.133. The molecule has 1 saturated heterocycles. The summed E-state index contributed by atoms with van der Waals surface area (Å²) in [4.78, 5) is 27.4. The first kappa shape index (κ1) is 19.5. The zero-order chi connectivity index (χ0) is 20.1. The summed E-state index contributed by atoms with van der Waals surface area (Å²) < 4.78 is 5.57. The van der Waals surface area contributed by atoms with Gasteiger partial charge in [-0.15, -0.1) is 0 Å². The number of hydrogen-bond donors (Lipinski definition) is 2. The number of anilines is 2. The predicted molar refractivity (Wildman–Crippen MR) is 110 cm³/mol. The van der Waals surface area contributed by atoms with Crippen molar-refractivity contribution in [3.63, 3.8) is 0 Å². The van der Waals surface area contributed by atoms with Gasteiger partial charge >= 0.3 is 6.03 Å². The van der Waals surface area contributed by atoms with Crippen LogP contribution in [-0.4, -0.2) is 49.6 Å². The highest BCUT2D eigenvalue weighted by Gasteiger charge is 2.21. The number of nitrogens with two attached hydrogens (primary N) is 1. The van der Waals surface area contributed by atoms with Crippen molar-refractivity contribution in [1.82, 2.24) is 4.90 Å². The predicted octanol–water partition coefficient (Wildman–Crippen LogP) is 2.52. The van der Waals surface area contributed by atoms with Crippen molar-refractivity contribution in [3.05, 3.63) is 53.6 Å². The smallest absolute Gasteiger partial charge is 0.316 e. The molecule has 2 aromatic carbocycles. The van der Waals surface area contributed by atoms with Gasteiger partial charge in [-0.05, 0) is 61.4 Å². The Morgan fingerprint density at radius 3 is 2.29 bits per heavy atom. The summed E-state index contributed by atoms with van der Waals surface area (Å²) in [7, 11) is 0. The minimum atomic E-state index is -0.621. The summed E-state index contributed by atoms with van der Waals surface area (Å²) in [6, 6.07) is 12.6. The molecule has 3 rings (SSSR count). The summed E-state index contributed by atoms with van der Waals surface area (Å²) >= 11 is 0. The Morgan fingerprint density at radius 1 is 1.00 bits per heavy atom. The monoisotopic (exact) mass is 382 g/mol. The molecular formula is C21H26N4O3. The maximum atomic E-state index is 12.4. The van der Waals surface area contributed by atoms with Crippen molar-refractivity contribution in [2.45, 2.75) is 13.8 Å². The molecule has 148 valence electrons. The molecule has 0 unspecified atom stereocenters. The number of nitrogens with zero attached hydrogens (tertiary/aromatic N) is 2. The molecule has 0 radical (unpaired) electrons. The second-order valence-electron chi connectivity index (χ2n) is 6.94. The number of urea groups is 1. The van der Waals surface area contributed by atoms with E-state index in [1.807, 2.05) is 4.90 Å². The Bertz CT molecular complexity index is 843. The summed E-state index contributed by atoms with van der Waals surface area (Å²) in [6.45, 7) is 7.19. The first-order chi connectivity index (χ1) is 13.4. The number of ether oxygens (including phenoxy) is 1. The number of amides is 3. The fraction of sp³-hybridized carbons (Fsp3) is 0.333. The van der Waals surface area contributed by atoms with Gasteiger partial charge in [-0.3, -0.25) is 4.79 Å². The molecule has 28 heavy (non-hydrogen) atoms. The maximum Gasteiger partial charge on any atom is 0.316 e. The number of carbonyl (C=O) groups excluding carboxylic acids is 2. The molecule has 0 atom stereocenters. The van der Waals surface area contributed by atoms with Gasteiger partial charge in [-0.25, -0.2) is 4.79 Å². The molecule has 3 amide bonds. The summed E-state index contributed by atoms with van der Waals surface area (Å²) in [5, 5.41) is 2.48. The van der Waals surface area contributed by atoms with Crippen molar-refractivity contribution in [2.24, 2.45) is 5.73 Å². The molecule has 1 fully saturated rings. The van der Waals surface area contributed by atoms with E-state index < -0.39 is 6.03 Å². The quantitative estimate of drug-likeness (QED) is 0.832. The highest BCUT2D eigenvalue weighted by Crippen LogP contribution is 2.20. The van der Waals surface area contributed by atoms with Crippen LogP contribution in [0.3, 0.4) is 0 Å². The van der Waals surface area contributed by atoms with E-state index in [1.165, 1.54) is 16.8 Å².